The molecule has 1 atom stereocenters. The van der Waals surface area contributed by atoms with Crippen molar-refractivity contribution in [1.29, 1.82) is 0 Å². The summed E-state index contributed by atoms with van der Waals surface area (Å²) in [6.07, 6.45) is 0. The highest BCUT2D eigenvalue weighted by molar-refractivity contribution is 6.31. The fourth-order valence-corrected chi connectivity index (χ4v) is 4.66. The number of hydrogen-bond donors (Lipinski definition) is 0. The third-order valence-electron chi connectivity index (χ3n) is 5.78. The van der Waals surface area contributed by atoms with Crippen molar-refractivity contribution in [3.05, 3.63) is 80.4 Å². The summed E-state index contributed by atoms with van der Waals surface area (Å²) >= 11 is 12.4. The van der Waals surface area contributed by atoms with Gasteiger partial charge in [0.2, 0.25) is 0 Å². The monoisotopic (exact) mass is 448 g/mol. The van der Waals surface area contributed by atoms with Crippen molar-refractivity contribution in [2.75, 3.05) is 31.1 Å². The van der Waals surface area contributed by atoms with Gasteiger partial charge in [-0.2, -0.15) is 0 Å². The van der Waals surface area contributed by atoms with Crippen LogP contribution in [0.5, 0.6) is 0 Å². The van der Waals surface area contributed by atoms with E-state index in [1.54, 1.807) is 16.8 Å². The lowest BCUT2D eigenvalue weighted by Gasteiger charge is -2.39. The van der Waals surface area contributed by atoms with Crippen LogP contribution >= 0.6 is 23.2 Å². The van der Waals surface area contributed by atoms with E-state index >= 15 is 0 Å². The number of nitrogens with zero attached hydrogens (tertiary/aromatic N) is 4. The van der Waals surface area contributed by atoms with E-state index in [0.717, 1.165) is 43.2 Å². The molecule has 158 valence electrons. The Labute approximate surface area is 184 Å². The van der Waals surface area contributed by atoms with Crippen LogP contribution in [0.1, 0.15) is 18.7 Å². The van der Waals surface area contributed by atoms with Crippen LogP contribution < -0.4 is 10.5 Å². The number of halogens is 3. The van der Waals surface area contributed by atoms with E-state index < -0.39 is 5.82 Å². The molecule has 8 heteroatoms. The zero-order chi connectivity index (χ0) is 21.4. The molecule has 2 aromatic carbocycles. The number of aromatic nitrogens is 2. The Morgan fingerprint density at radius 1 is 0.967 bits per heavy atom. The summed E-state index contributed by atoms with van der Waals surface area (Å²) in [5.41, 5.74) is 2.27. The van der Waals surface area contributed by atoms with Gasteiger partial charge < -0.3 is 4.90 Å². The molecule has 4 rings (SSSR count). The summed E-state index contributed by atoms with van der Waals surface area (Å²) < 4.78 is 16.9. The highest BCUT2D eigenvalue weighted by Gasteiger charge is 2.28. The molecule has 0 aliphatic carbocycles. The second-order valence-corrected chi connectivity index (χ2v) is 8.26. The van der Waals surface area contributed by atoms with Crippen LogP contribution in [0.2, 0.25) is 10.0 Å². The van der Waals surface area contributed by atoms with Crippen LogP contribution in [-0.2, 0) is 7.05 Å². The van der Waals surface area contributed by atoms with E-state index in [2.05, 4.69) is 16.7 Å². The van der Waals surface area contributed by atoms with Gasteiger partial charge in [0, 0.05) is 38.9 Å². The molecule has 3 aromatic rings. The Morgan fingerprint density at radius 3 is 2.27 bits per heavy atom. The molecular weight excluding hydrogens is 426 g/mol. The third-order valence-corrected chi connectivity index (χ3v) is 6.43. The molecule has 2 heterocycles. The molecule has 0 radical (unpaired) electrons. The van der Waals surface area contributed by atoms with Crippen LogP contribution in [0.15, 0.2) is 53.3 Å². The van der Waals surface area contributed by atoms with Gasteiger partial charge in [-0.25, -0.2) is 9.07 Å². The quantitative estimate of drug-likeness (QED) is 0.588. The molecule has 0 amide bonds. The number of hydrogen-bond acceptors (Lipinski definition) is 3. The first kappa shape index (κ1) is 21.0. The fraction of sp³-hybridized carbons (Fsp3) is 0.318. The minimum Gasteiger partial charge on any atom is -0.369 e. The Hall–Kier alpha value is -2.28. The van der Waals surface area contributed by atoms with Crippen LogP contribution in [0.25, 0.3) is 5.69 Å². The van der Waals surface area contributed by atoms with E-state index in [1.165, 1.54) is 6.07 Å². The fourth-order valence-electron chi connectivity index (χ4n) is 4.12. The second-order valence-electron chi connectivity index (χ2n) is 7.47. The van der Waals surface area contributed by atoms with Gasteiger partial charge >= 0.3 is 0 Å². The Balaban J connectivity index is 1.54. The van der Waals surface area contributed by atoms with Crippen molar-refractivity contribution in [3.63, 3.8) is 0 Å². The maximum atomic E-state index is 13.5. The summed E-state index contributed by atoms with van der Waals surface area (Å²) in [5, 5.41) is 0.383. The zero-order valence-electron chi connectivity index (χ0n) is 16.9. The maximum absolute atomic E-state index is 13.5. The molecule has 5 nitrogen and oxygen atoms in total. The molecular formula is C22H23Cl2FN4O. The van der Waals surface area contributed by atoms with Crippen LogP contribution in [0.4, 0.5) is 10.1 Å². The topological polar surface area (TPSA) is 33.4 Å². The third kappa shape index (κ3) is 3.75. The van der Waals surface area contributed by atoms with Gasteiger partial charge in [-0.15, -0.1) is 0 Å². The largest absolute Gasteiger partial charge is 0.369 e. The molecule has 0 saturated carbocycles. The first-order valence-electron chi connectivity index (χ1n) is 9.85. The molecule has 0 spiro atoms. The number of piperazine rings is 1. The Kier molecular flexibility index (Phi) is 5.91. The van der Waals surface area contributed by atoms with Crippen LogP contribution in [0.3, 0.4) is 0 Å². The van der Waals surface area contributed by atoms with Crippen molar-refractivity contribution in [1.82, 2.24) is 14.3 Å². The minimum atomic E-state index is -0.411. The van der Waals surface area contributed by atoms with E-state index in [9.17, 15) is 9.18 Å². The summed E-state index contributed by atoms with van der Waals surface area (Å²) in [7, 11) is 1.86. The molecule has 0 N–H and O–H groups in total. The Morgan fingerprint density at radius 2 is 1.63 bits per heavy atom. The van der Waals surface area contributed by atoms with Gasteiger partial charge in [0.1, 0.15) is 10.8 Å². The average Bonchev–Trinajstić information content (AvgIpc) is 2.98. The standard InChI is InChI=1S/C22H23Cl2FN4O/c1-15(21-20(24)22(30)29(26(21)2)16-6-4-3-5-7-16)27-10-12-28(13-11-27)17-8-9-19(25)18(23)14-17/h3-9,14-15H,10-13H2,1-2H3. The lowest BCUT2D eigenvalue weighted by molar-refractivity contribution is 0.191. The SMILES string of the molecule is CC(c1c(Cl)c(=O)n(-c2ccccc2)n1C)N1CCN(c2ccc(F)c(Cl)c2)CC1. The molecule has 1 unspecified atom stereocenters. The molecule has 1 aromatic heterocycles. The van der Waals surface area contributed by atoms with Crippen molar-refractivity contribution in [2.24, 2.45) is 7.05 Å². The van der Waals surface area contributed by atoms with Crippen molar-refractivity contribution in [3.8, 4) is 5.69 Å². The van der Waals surface area contributed by atoms with Gasteiger partial charge in [0.25, 0.3) is 5.56 Å². The van der Waals surface area contributed by atoms with E-state index in [1.807, 2.05) is 42.1 Å². The average molecular weight is 449 g/mol. The first-order valence-corrected chi connectivity index (χ1v) is 10.6. The number of anilines is 1. The van der Waals surface area contributed by atoms with E-state index in [4.69, 9.17) is 23.2 Å². The summed E-state index contributed by atoms with van der Waals surface area (Å²) in [4.78, 5) is 17.3. The number of benzene rings is 2. The summed E-state index contributed by atoms with van der Waals surface area (Å²) in [6, 6.07) is 14.3. The lowest BCUT2D eigenvalue weighted by atomic mass is 10.1. The predicted molar refractivity (Wildman–Crippen MR) is 120 cm³/mol. The number of rotatable bonds is 4. The molecule has 1 fully saturated rings. The number of para-hydroxylation sites is 1. The highest BCUT2D eigenvalue weighted by Crippen LogP contribution is 2.29. The maximum Gasteiger partial charge on any atom is 0.290 e. The lowest BCUT2D eigenvalue weighted by Crippen LogP contribution is -2.47. The zero-order valence-corrected chi connectivity index (χ0v) is 18.4. The molecule has 1 aliphatic rings. The van der Waals surface area contributed by atoms with E-state index in [-0.39, 0.29) is 21.6 Å². The van der Waals surface area contributed by atoms with Gasteiger partial charge in [-0.05, 0) is 37.3 Å². The van der Waals surface area contributed by atoms with Crippen LogP contribution in [-0.4, -0.2) is 40.4 Å². The van der Waals surface area contributed by atoms with Crippen molar-refractivity contribution >= 4 is 28.9 Å². The summed E-state index contributed by atoms with van der Waals surface area (Å²) in [6.45, 7) is 5.20. The van der Waals surface area contributed by atoms with Crippen molar-refractivity contribution in [2.45, 2.75) is 13.0 Å². The second kappa shape index (κ2) is 8.46. The molecule has 1 saturated heterocycles. The predicted octanol–water partition coefficient (Wildman–Crippen LogP) is 4.51. The van der Waals surface area contributed by atoms with Crippen molar-refractivity contribution < 1.29 is 4.39 Å². The minimum absolute atomic E-state index is 0.0286. The molecule has 1 aliphatic heterocycles. The highest BCUT2D eigenvalue weighted by atomic mass is 35.5. The van der Waals surface area contributed by atoms with Gasteiger partial charge in [-0.1, -0.05) is 41.4 Å². The van der Waals surface area contributed by atoms with Gasteiger partial charge in [-0.3, -0.25) is 14.4 Å². The molecule has 0 bridgehead atoms. The summed E-state index contributed by atoms with van der Waals surface area (Å²) in [5.74, 6) is -0.411. The first-order chi connectivity index (χ1) is 14.4. The smallest absolute Gasteiger partial charge is 0.290 e. The van der Waals surface area contributed by atoms with Gasteiger partial charge in [0.05, 0.1) is 22.4 Å². The van der Waals surface area contributed by atoms with Crippen LogP contribution in [0, 0.1) is 5.82 Å². The van der Waals surface area contributed by atoms with Gasteiger partial charge in [0.15, 0.2) is 0 Å². The van der Waals surface area contributed by atoms with E-state index in [0.29, 0.717) is 0 Å². The molecule has 30 heavy (non-hydrogen) atoms. The normalized spacial score (nSPS) is 16.1. The Bertz CT molecular complexity index is 1100.